The van der Waals surface area contributed by atoms with Crippen molar-refractivity contribution in [3.63, 3.8) is 0 Å². The molecule has 0 unspecified atom stereocenters. The van der Waals surface area contributed by atoms with Crippen LogP contribution in [0.15, 0.2) is 0 Å². The quantitative estimate of drug-likeness (QED) is 0.589. The van der Waals surface area contributed by atoms with E-state index < -0.39 is 0 Å². The maximum Gasteiger partial charge on any atom is 0.0130 e. The molecule has 0 aliphatic heterocycles. The summed E-state index contributed by atoms with van der Waals surface area (Å²) in [5, 5.41) is 0. The molecule has 0 spiro atoms. The van der Waals surface area contributed by atoms with E-state index >= 15 is 0 Å². The SMILES string of the molecule is CC(C)(C)N(C1CC1)C1CC1. The summed E-state index contributed by atoms with van der Waals surface area (Å²) in [5.41, 5.74) is 0.419. The van der Waals surface area contributed by atoms with Crippen molar-refractivity contribution in [2.45, 2.75) is 64.1 Å². The molecular formula is C10H19N. The Bertz CT molecular complexity index is 137. The van der Waals surface area contributed by atoms with Crippen LogP contribution in [0.25, 0.3) is 0 Å². The molecule has 2 rings (SSSR count). The molecule has 2 fully saturated rings. The highest BCUT2D eigenvalue weighted by Gasteiger charge is 2.44. The van der Waals surface area contributed by atoms with Crippen molar-refractivity contribution in [2.24, 2.45) is 0 Å². The second kappa shape index (κ2) is 2.22. The Labute approximate surface area is 69.8 Å². The Morgan fingerprint density at radius 1 is 0.909 bits per heavy atom. The minimum atomic E-state index is 0.419. The largest absolute Gasteiger partial charge is 0.293 e. The Hall–Kier alpha value is -0.0400. The van der Waals surface area contributed by atoms with Gasteiger partial charge in [0.25, 0.3) is 0 Å². The standard InChI is InChI=1S/C10H19N/c1-10(2,3)11(8-4-5-8)9-6-7-9/h8-9H,4-7H2,1-3H3. The summed E-state index contributed by atoms with van der Waals surface area (Å²) in [6.45, 7) is 7.05. The molecule has 0 bridgehead atoms. The number of nitrogens with zero attached hydrogens (tertiary/aromatic N) is 1. The highest BCUT2D eigenvalue weighted by molar-refractivity contribution is 4.99. The topological polar surface area (TPSA) is 3.24 Å². The van der Waals surface area contributed by atoms with Gasteiger partial charge in [-0.1, -0.05) is 0 Å². The molecule has 0 aromatic heterocycles. The van der Waals surface area contributed by atoms with Gasteiger partial charge in [0.15, 0.2) is 0 Å². The number of hydrogen-bond acceptors (Lipinski definition) is 1. The van der Waals surface area contributed by atoms with Crippen LogP contribution in [-0.4, -0.2) is 22.5 Å². The molecule has 0 aromatic rings. The second-order valence-corrected chi connectivity index (χ2v) is 5.04. The van der Waals surface area contributed by atoms with Crippen LogP contribution in [0, 0.1) is 0 Å². The van der Waals surface area contributed by atoms with Gasteiger partial charge < -0.3 is 0 Å². The summed E-state index contributed by atoms with van der Waals surface area (Å²) < 4.78 is 0. The van der Waals surface area contributed by atoms with Gasteiger partial charge in [-0.15, -0.1) is 0 Å². The van der Waals surface area contributed by atoms with Crippen LogP contribution in [0.5, 0.6) is 0 Å². The predicted octanol–water partition coefficient (Wildman–Crippen LogP) is 2.41. The number of rotatable bonds is 2. The minimum Gasteiger partial charge on any atom is -0.293 e. The van der Waals surface area contributed by atoms with Gasteiger partial charge in [-0.2, -0.15) is 0 Å². The van der Waals surface area contributed by atoms with Crippen LogP contribution in [0.1, 0.15) is 46.5 Å². The lowest BCUT2D eigenvalue weighted by atomic mass is 10.1. The molecule has 0 heterocycles. The lowest BCUT2D eigenvalue weighted by molar-refractivity contribution is 0.117. The molecule has 11 heavy (non-hydrogen) atoms. The summed E-state index contributed by atoms with van der Waals surface area (Å²) in [7, 11) is 0. The van der Waals surface area contributed by atoms with Crippen LogP contribution in [0.4, 0.5) is 0 Å². The van der Waals surface area contributed by atoms with Crippen LogP contribution in [-0.2, 0) is 0 Å². The Morgan fingerprint density at radius 3 is 1.45 bits per heavy atom. The summed E-state index contributed by atoms with van der Waals surface area (Å²) in [5.74, 6) is 0. The molecule has 0 aromatic carbocycles. The smallest absolute Gasteiger partial charge is 0.0130 e. The monoisotopic (exact) mass is 153 g/mol. The molecule has 0 radical (unpaired) electrons. The molecule has 1 nitrogen and oxygen atoms in total. The lowest BCUT2D eigenvalue weighted by Gasteiger charge is -2.36. The van der Waals surface area contributed by atoms with E-state index in [4.69, 9.17) is 0 Å². The van der Waals surface area contributed by atoms with Gasteiger partial charge >= 0.3 is 0 Å². The van der Waals surface area contributed by atoms with Crippen molar-refractivity contribution in [1.29, 1.82) is 0 Å². The summed E-state index contributed by atoms with van der Waals surface area (Å²) >= 11 is 0. The molecule has 1 heteroatoms. The Morgan fingerprint density at radius 2 is 1.27 bits per heavy atom. The van der Waals surface area contributed by atoms with E-state index in [0.29, 0.717) is 5.54 Å². The van der Waals surface area contributed by atoms with E-state index in [2.05, 4.69) is 25.7 Å². The maximum absolute atomic E-state index is 2.74. The second-order valence-electron chi connectivity index (χ2n) is 5.04. The van der Waals surface area contributed by atoms with Gasteiger partial charge in [0.1, 0.15) is 0 Å². The van der Waals surface area contributed by atoms with Gasteiger partial charge in [-0.05, 0) is 46.5 Å². The van der Waals surface area contributed by atoms with Gasteiger partial charge in [0, 0.05) is 17.6 Å². The molecule has 64 valence electrons. The van der Waals surface area contributed by atoms with Crippen molar-refractivity contribution in [1.82, 2.24) is 4.90 Å². The van der Waals surface area contributed by atoms with Gasteiger partial charge in [0.2, 0.25) is 0 Å². The molecule has 0 N–H and O–H groups in total. The van der Waals surface area contributed by atoms with Crippen LogP contribution < -0.4 is 0 Å². The fourth-order valence-electron chi connectivity index (χ4n) is 2.10. The van der Waals surface area contributed by atoms with E-state index in [0.717, 1.165) is 12.1 Å². The van der Waals surface area contributed by atoms with Gasteiger partial charge in [0.05, 0.1) is 0 Å². The zero-order valence-corrected chi connectivity index (χ0v) is 7.93. The number of hydrogen-bond donors (Lipinski definition) is 0. The third-order valence-electron chi connectivity index (χ3n) is 2.66. The summed E-state index contributed by atoms with van der Waals surface area (Å²) in [4.78, 5) is 2.74. The summed E-state index contributed by atoms with van der Waals surface area (Å²) in [6.07, 6.45) is 5.81. The van der Waals surface area contributed by atoms with Crippen molar-refractivity contribution < 1.29 is 0 Å². The van der Waals surface area contributed by atoms with E-state index in [1.807, 2.05) is 0 Å². The van der Waals surface area contributed by atoms with Crippen molar-refractivity contribution in [2.75, 3.05) is 0 Å². The molecule has 0 atom stereocenters. The molecule has 2 aliphatic rings. The Balaban J connectivity index is 2.02. The van der Waals surface area contributed by atoms with E-state index in [1.54, 1.807) is 0 Å². The van der Waals surface area contributed by atoms with E-state index in [9.17, 15) is 0 Å². The normalized spacial score (nSPS) is 26.2. The first-order valence-corrected chi connectivity index (χ1v) is 4.87. The molecular weight excluding hydrogens is 134 g/mol. The summed E-state index contributed by atoms with van der Waals surface area (Å²) in [6, 6.07) is 1.89. The fourth-order valence-corrected chi connectivity index (χ4v) is 2.10. The first kappa shape index (κ1) is 7.60. The highest BCUT2D eigenvalue weighted by Crippen LogP contribution is 2.41. The van der Waals surface area contributed by atoms with Gasteiger partial charge in [-0.25, -0.2) is 0 Å². The third kappa shape index (κ3) is 1.58. The third-order valence-corrected chi connectivity index (χ3v) is 2.66. The average molecular weight is 153 g/mol. The van der Waals surface area contributed by atoms with Crippen LogP contribution in [0.3, 0.4) is 0 Å². The molecule has 2 saturated carbocycles. The fraction of sp³-hybridized carbons (Fsp3) is 1.00. The van der Waals surface area contributed by atoms with Crippen molar-refractivity contribution in [3.8, 4) is 0 Å². The molecule has 0 amide bonds. The van der Waals surface area contributed by atoms with Gasteiger partial charge in [-0.3, -0.25) is 4.90 Å². The zero-order chi connectivity index (χ0) is 8.06. The minimum absolute atomic E-state index is 0.419. The van der Waals surface area contributed by atoms with Crippen LogP contribution in [0.2, 0.25) is 0 Å². The van der Waals surface area contributed by atoms with Crippen LogP contribution >= 0.6 is 0 Å². The average Bonchev–Trinajstić information content (AvgIpc) is 2.50. The molecule has 0 saturated heterocycles. The van der Waals surface area contributed by atoms with Crippen molar-refractivity contribution in [3.05, 3.63) is 0 Å². The zero-order valence-electron chi connectivity index (χ0n) is 7.93. The van der Waals surface area contributed by atoms with E-state index in [1.165, 1.54) is 25.7 Å². The maximum atomic E-state index is 2.74. The first-order valence-electron chi connectivity index (χ1n) is 4.87. The van der Waals surface area contributed by atoms with Crippen molar-refractivity contribution >= 4 is 0 Å². The Kier molecular flexibility index (Phi) is 1.54. The lowest BCUT2D eigenvalue weighted by Crippen LogP contribution is -2.44. The van der Waals surface area contributed by atoms with E-state index in [-0.39, 0.29) is 0 Å². The highest BCUT2D eigenvalue weighted by atomic mass is 15.3. The predicted molar refractivity (Wildman–Crippen MR) is 47.6 cm³/mol. The first-order chi connectivity index (χ1) is 5.09. The molecule has 2 aliphatic carbocycles.